The van der Waals surface area contributed by atoms with Crippen LogP contribution in [-0.4, -0.2) is 24.4 Å². The van der Waals surface area contributed by atoms with Crippen molar-refractivity contribution in [3.63, 3.8) is 0 Å². The summed E-state index contributed by atoms with van der Waals surface area (Å²) in [5.41, 5.74) is 0.635. The molecule has 1 aromatic rings. The largest absolute Gasteiger partial charge is 0.496 e. The standard InChI is InChI=1S/C13H17Br2NO2/c1-3-10(6-7-14)16-13(17)9-4-5-12(18-2)11(15)8-9/h4-5,8,10H,3,6-7H2,1-2H3,(H,16,17). The number of carbonyl (C=O) groups excluding carboxylic acids is 1. The molecule has 1 rings (SSSR count). The summed E-state index contributed by atoms with van der Waals surface area (Å²) in [6, 6.07) is 5.52. The highest BCUT2D eigenvalue weighted by Crippen LogP contribution is 2.25. The monoisotopic (exact) mass is 377 g/mol. The molecule has 1 aromatic carbocycles. The van der Waals surface area contributed by atoms with Gasteiger partial charge in [-0.05, 0) is 47.0 Å². The van der Waals surface area contributed by atoms with Gasteiger partial charge in [0.1, 0.15) is 5.75 Å². The number of halogens is 2. The summed E-state index contributed by atoms with van der Waals surface area (Å²) in [5.74, 6) is 0.671. The van der Waals surface area contributed by atoms with Crippen molar-refractivity contribution in [2.75, 3.05) is 12.4 Å². The highest BCUT2D eigenvalue weighted by atomic mass is 79.9. The summed E-state index contributed by atoms with van der Waals surface area (Å²) >= 11 is 6.77. The van der Waals surface area contributed by atoms with Crippen molar-refractivity contribution in [1.29, 1.82) is 0 Å². The van der Waals surface area contributed by atoms with E-state index >= 15 is 0 Å². The van der Waals surface area contributed by atoms with E-state index in [-0.39, 0.29) is 11.9 Å². The first-order chi connectivity index (χ1) is 8.62. The molecule has 1 atom stereocenters. The Balaban J connectivity index is 2.74. The van der Waals surface area contributed by atoms with E-state index in [1.165, 1.54) is 0 Å². The molecule has 0 spiro atoms. The normalized spacial score (nSPS) is 12.0. The zero-order valence-electron chi connectivity index (χ0n) is 10.5. The zero-order valence-corrected chi connectivity index (χ0v) is 13.7. The van der Waals surface area contributed by atoms with Crippen molar-refractivity contribution in [1.82, 2.24) is 5.32 Å². The van der Waals surface area contributed by atoms with Crippen LogP contribution >= 0.6 is 31.9 Å². The first-order valence-corrected chi connectivity index (χ1v) is 7.74. The Bertz CT molecular complexity index is 410. The van der Waals surface area contributed by atoms with Gasteiger partial charge in [0.2, 0.25) is 0 Å². The fourth-order valence-electron chi connectivity index (χ4n) is 1.59. The average molecular weight is 379 g/mol. The summed E-state index contributed by atoms with van der Waals surface area (Å²) < 4.78 is 5.92. The number of benzene rings is 1. The molecule has 0 bridgehead atoms. The van der Waals surface area contributed by atoms with E-state index in [0.717, 1.165) is 28.4 Å². The van der Waals surface area contributed by atoms with Crippen LogP contribution < -0.4 is 10.1 Å². The number of hydrogen-bond acceptors (Lipinski definition) is 2. The van der Waals surface area contributed by atoms with E-state index < -0.39 is 0 Å². The molecular weight excluding hydrogens is 362 g/mol. The van der Waals surface area contributed by atoms with Crippen LogP contribution in [0.25, 0.3) is 0 Å². The van der Waals surface area contributed by atoms with Crippen molar-refractivity contribution in [2.45, 2.75) is 25.8 Å². The van der Waals surface area contributed by atoms with Gasteiger partial charge in [0, 0.05) is 16.9 Å². The lowest BCUT2D eigenvalue weighted by atomic mass is 10.1. The van der Waals surface area contributed by atoms with Crippen molar-refractivity contribution in [3.8, 4) is 5.75 Å². The maximum Gasteiger partial charge on any atom is 0.251 e. The first-order valence-electron chi connectivity index (χ1n) is 5.82. The van der Waals surface area contributed by atoms with Gasteiger partial charge in [-0.2, -0.15) is 0 Å². The second kappa shape index (κ2) is 7.79. The predicted octanol–water partition coefficient (Wildman–Crippen LogP) is 3.75. The van der Waals surface area contributed by atoms with Gasteiger partial charge < -0.3 is 10.1 Å². The molecule has 0 aliphatic heterocycles. The Morgan fingerprint density at radius 3 is 2.72 bits per heavy atom. The van der Waals surface area contributed by atoms with Gasteiger partial charge in [0.25, 0.3) is 5.91 Å². The minimum absolute atomic E-state index is 0.0499. The molecule has 0 fully saturated rings. The third-order valence-corrected chi connectivity index (χ3v) is 3.78. The Morgan fingerprint density at radius 2 is 2.22 bits per heavy atom. The predicted molar refractivity (Wildman–Crippen MR) is 80.7 cm³/mol. The molecule has 1 N–H and O–H groups in total. The average Bonchev–Trinajstić information content (AvgIpc) is 2.37. The van der Waals surface area contributed by atoms with Crippen LogP contribution in [0, 0.1) is 0 Å². The number of hydrogen-bond donors (Lipinski definition) is 1. The topological polar surface area (TPSA) is 38.3 Å². The van der Waals surface area contributed by atoms with Gasteiger partial charge in [-0.15, -0.1) is 0 Å². The Labute approximate surface area is 125 Å². The molecule has 0 saturated heterocycles. The SMILES string of the molecule is CCC(CCBr)NC(=O)c1ccc(OC)c(Br)c1. The van der Waals surface area contributed by atoms with E-state index in [9.17, 15) is 4.79 Å². The van der Waals surface area contributed by atoms with E-state index in [2.05, 4.69) is 44.1 Å². The molecule has 18 heavy (non-hydrogen) atoms. The molecule has 1 unspecified atom stereocenters. The number of methoxy groups -OCH3 is 1. The second-order valence-corrected chi connectivity index (χ2v) is 5.55. The van der Waals surface area contributed by atoms with E-state index in [1.54, 1.807) is 25.3 Å². The molecule has 1 amide bonds. The van der Waals surface area contributed by atoms with E-state index in [4.69, 9.17) is 4.74 Å². The smallest absolute Gasteiger partial charge is 0.251 e. The third-order valence-electron chi connectivity index (χ3n) is 2.70. The lowest BCUT2D eigenvalue weighted by Crippen LogP contribution is -2.34. The van der Waals surface area contributed by atoms with Crippen LogP contribution in [-0.2, 0) is 0 Å². The maximum atomic E-state index is 12.1. The summed E-state index contributed by atoms with van der Waals surface area (Å²) in [5, 5.41) is 3.91. The number of amides is 1. The highest BCUT2D eigenvalue weighted by molar-refractivity contribution is 9.10. The van der Waals surface area contributed by atoms with E-state index in [0.29, 0.717) is 5.56 Å². The minimum Gasteiger partial charge on any atom is -0.496 e. The molecule has 0 radical (unpaired) electrons. The molecule has 0 heterocycles. The Morgan fingerprint density at radius 1 is 1.50 bits per heavy atom. The quantitative estimate of drug-likeness (QED) is 0.765. The van der Waals surface area contributed by atoms with Gasteiger partial charge in [0.15, 0.2) is 0 Å². The van der Waals surface area contributed by atoms with Gasteiger partial charge in [-0.1, -0.05) is 22.9 Å². The van der Waals surface area contributed by atoms with Crippen molar-refractivity contribution in [2.24, 2.45) is 0 Å². The summed E-state index contributed by atoms with van der Waals surface area (Å²) in [6.07, 6.45) is 1.86. The summed E-state index contributed by atoms with van der Waals surface area (Å²) in [7, 11) is 1.60. The zero-order chi connectivity index (χ0) is 13.5. The summed E-state index contributed by atoms with van der Waals surface area (Å²) in [4.78, 5) is 12.1. The lowest BCUT2D eigenvalue weighted by Gasteiger charge is -2.16. The third kappa shape index (κ3) is 4.28. The lowest BCUT2D eigenvalue weighted by molar-refractivity contribution is 0.0935. The van der Waals surface area contributed by atoms with Crippen LogP contribution in [0.2, 0.25) is 0 Å². The number of ether oxygens (including phenoxy) is 1. The number of rotatable bonds is 6. The molecule has 0 saturated carbocycles. The fraction of sp³-hybridized carbons (Fsp3) is 0.462. The molecule has 0 aromatic heterocycles. The van der Waals surface area contributed by atoms with Crippen LogP contribution in [0.4, 0.5) is 0 Å². The van der Waals surface area contributed by atoms with Gasteiger partial charge in [-0.3, -0.25) is 4.79 Å². The molecule has 100 valence electrons. The first kappa shape index (κ1) is 15.5. The minimum atomic E-state index is -0.0499. The van der Waals surface area contributed by atoms with Crippen molar-refractivity contribution < 1.29 is 9.53 Å². The second-order valence-electron chi connectivity index (χ2n) is 3.91. The van der Waals surface area contributed by atoms with Gasteiger partial charge in [0.05, 0.1) is 11.6 Å². The van der Waals surface area contributed by atoms with Gasteiger partial charge >= 0.3 is 0 Å². The Kier molecular flexibility index (Phi) is 6.71. The van der Waals surface area contributed by atoms with Crippen LogP contribution in [0.1, 0.15) is 30.1 Å². The Hall–Kier alpha value is -0.550. The molecule has 0 aliphatic rings. The van der Waals surface area contributed by atoms with E-state index in [1.807, 2.05) is 0 Å². The van der Waals surface area contributed by atoms with Crippen molar-refractivity contribution in [3.05, 3.63) is 28.2 Å². The van der Waals surface area contributed by atoms with Crippen LogP contribution in [0.5, 0.6) is 5.75 Å². The number of carbonyl (C=O) groups is 1. The van der Waals surface area contributed by atoms with Gasteiger partial charge in [-0.25, -0.2) is 0 Å². The number of nitrogens with one attached hydrogen (secondary N) is 1. The fourth-order valence-corrected chi connectivity index (χ4v) is 2.68. The number of alkyl halides is 1. The van der Waals surface area contributed by atoms with Crippen LogP contribution in [0.15, 0.2) is 22.7 Å². The summed E-state index contributed by atoms with van der Waals surface area (Å²) in [6.45, 7) is 2.07. The maximum absolute atomic E-state index is 12.1. The van der Waals surface area contributed by atoms with Crippen molar-refractivity contribution >= 4 is 37.8 Å². The highest BCUT2D eigenvalue weighted by Gasteiger charge is 2.13. The molecule has 0 aliphatic carbocycles. The molecular formula is C13H17Br2NO2. The molecule has 3 nitrogen and oxygen atoms in total. The van der Waals surface area contributed by atoms with Crippen LogP contribution in [0.3, 0.4) is 0 Å². The molecule has 5 heteroatoms.